The number of aliphatic hydroxyl groups is 2. The number of hydrogen-bond donors (Lipinski definition) is 2. The van der Waals surface area contributed by atoms with Crippen molar-refractivity contribution in [2.45, 2.75) is 84.1 Å². The summed E-state index contributed by atoms with van der Waals surface area (Å²) in [5.41, 5.74) is 2.43. The number of benzene rings is 2. The van der Waals surface area contributed by atoms with Gasteiger partial charge in [0, 0.05) is 51.1 Å². The van der Waals surface area contributed by atoms with Crippen LogP contribution in [0.1, 0.15) is 72.4 Å². The molecule has 2 amide bonds. The summed E-state index contributed by atoms with van der Waals surface area (Å²) in [6.07, 6.45) is 0.624. The number of hydrogen-bond acceptors (Lipinski definition) is 6. The topological polar surface area (TPSA) is 87.6 Å². The molecule has 2 aliphatic heterocycles. The molecule has 0 aromatic heterocycles. The lowest BCUT2D eigenvalue weighted by molar-refractivity contribution is -0.128. The zero-order valence-corrected chi connectivity index (χ0v) is 27.6. The Bertz CT molecular complexity index is 1450. The lowest BCUT2D eigenvalue weighted by Crippen LogP contribution is -2.49. The van der Waals surface area contributed by atoms with E-state index in [-0.39, 0.29) is 17.9 Å². The van der Waals surface area contributed by atoms with Crippen LogP contribution in [-0.4, -0.2) is 82.8 Å². The maximum absolute atomic E-state index is 14.7. The van der Waals surface area contributed by atoms with Crippen molar-refractivity contribution in [2.75, 3.05) is 38.0 Å². The highest BCUT2D eigenvalue weighted by atomic mass is 16.3. The molecular weight excluding hydrogens is 540 g/mol. The Morgan fingerprint density at radius 3 is 1.49 bits per heavy atom. The van der Waals surface area contributed by atoms with Gasteiger partial charge in [-0.05, 0) is 96.7 Å². The summed E-state index contributed by atoms with van der Waals surface area (Å²) in [5.74, 6) is -0.533. The van der Waals surface area contributed by atoms with Gasteiger partial charge in [0.05, 0.1) is 33.7 Å². The van der Waals surface area contributed by atoms with Crippen molar-refractivity contribution in [1.82, 2.24) is 9.80 Å². The zero-order chi connectivity index (χ0) is 32.2. The van der Waals surface area contributed by atoms with E-state index in [9.17, 15) is 19.8 Å². The predicted octanol–water partition coefficient (Wildman–Crippen LogP) is 5.11. The molecule has 0 spiro atoms. The molecular formula is C35H48N4O4. The normalized spacial score (nSPS) is 16.9. The summed E-state index contributed by atoms with van der Waals surface area (Å²) >= 11 is 0. The maximum Gasteiger partial charge on any atom is 0.261 e. The molecule has 0 bridgehead atoms. The van der Waals surface area contributed by atoms with E-state index in [0.717, 1.165) is 22.5 Å². The molecule has 1 atom stereocenters. The van der Waals surface area contributed by atoms with Gasteiger partial charge in [0.15, 0.2) is 0 Å². The van der Waals surface area contributed by atoms with Crippen LogP contribution in [0, 0.1) is 0 Å². The van der Waals surface area contributed by atoms with E-state index in [1.54, 1.807) is 37.5 Å². The first-order valence-electron chi connectivity index (χ1n) is 14.9. The molecule has 0 radical (unpaired) electrons. The molecule has 2 aromatic carbocycles. The molecule has 0 fully saturated rings. The minimum absolute atomic E-state index is 0.264. The molecule has 0 aliphatic carbocycles. The van der Waals surface area contributed by atoms with Crippen LogP contribution >= 0.6 is 0 Å². The number of carbonyl (C=O) groups is 2. The summed E-state index contributed by atoms with van der Waals surface area (Å²) in [6, 6.07) is 15.3. The molecule has 8 heteroatoms. The molecule has 2 aliphatic rings. The number of rotatable bonds is 10. The van der Waals surface area contributed by atoms with E-state index >= 15 is 0 Å². The van der Waals surface area contributed by atoms with Gasteiger partial charge in [-0.15, -0.1) is 0 Å². The third-order valence-electron chi connectivity index (χ3n) is 8.06. The van der Waals surface area contributed by atoms with Crippen molar-refractivity contribution in [3.8, 4) is 0 Å². The third-order valence-corrected chi connectivity index (χ3v) is 8.06. The molecule has 43 heavy (non-hydrogen) atoms. The molecule has 232 valence electrons. The first kappa shape index (κ1) is 32.3. The number of amides is 2. The largest absolute Gasteiger partial charge is 0.390 e. The van der Waals surface area contributed by atoms with Crippen molar-refractivity contribution in [3.63, 3.8) is 0 Å². The summed E-state index contributed by atoms with van der Waals surface area (Å²) < 4.78 is 0. The summed E-state index contributed by atoms with van der Waals surface area (Å²) in [7, 11) is 7.86. The first-order valence-corrected chi connectivity index (χ1v) is 14.9. The Morgan fingerprint density at radius 2 is 1.09 bits per heavy atom. The van der Waals surface area contributed by atoms with Crippen molar-refractivity contribution >= 4 is 34.6 Å². The standard InChI is InChI=1S/C35H48N4O4/c1-22(20-34(4,5)42)38-29(23-12-16-25(17-13-23)36(8)9)27-28(31(38)40)30(24-14-18-26(19-15-24)37(10)11)39(32(27)41)33(2,3)21-35(6,7)43/h12-19,22,42-43H,20-21H2,1-11H3. The van der Waals surface area contributed by atoms with E-state index in [0.29, 0.717) is 35.4 Å². The lowest BCUT2D eigenvalue weighted by atomic mass is 9.87. The molecule has 4 rings (SSSR count). The van der Waals surface area contributed by atoms with Gasteiger partial charge in [0.1, 0.15) is 0 Å². The highest BCUT2D eigenvalue weighted by molar-refractivity contribution is 6.30. The van der Waals surface area contributed by atoms with Gasteiger partial charge >= 0.3 is 0 Å². The molecule has 8 nitrogen and oxygen atoms in total. The Balaban J connectivity index is 2.04. The molecule has 2 aromatic rings. The fraction of sp³-hybridized carbons (Fsp3) is 0.486. The van der Waals surface area contributed by atoms with Crippen molar-refractivity contribution in [1.29, 1.82) is 0 Å². The fourth-order valence-electron chi connectivity index (χ4n) is 6.66. The summed E-state index contributed by atoms with van der Waals surface area (Å²) in [5, 5.41) is 21.6. The lowest BCUT2D eigenvalue weighted by Gasteiger charge is -2.41. The van der Waals surface area contributed by atoms with E-state index in [1.807, 2.05) is 107 Å². The third kappa shape index (κ3) is 6.36. The number of fused-ring (bicyclic) bond motifs is 1. The SMILES string of the molecule is CC(CC(C)(C)O)N1C(=O)C2=C(c3ccc(N(C)C)cc3)N(C(C)(C)CC(C)(C)O)C(=O)C2=C1c1ccc(N(C)C)cc1. The van der Waals surface area contributed by atoms with Crippen LogP contribution in [0.2, 0.25) is 0 Å². The Morgan fingerprint density at radius 1 is 0.674 bits per heavy atom. The van der Waals surface area contributed by atoms with E-state index in [2.05, 4.69) is 0 Å². The second-order valence-corrected chi connectivity index (χ2v) is 14.3. The molecule has 2 heterocycles. The molecule has 1 unspecified atom stereocenters. The van der Waals surface area contributed by atoms with Crippen molar-refractivity contribution in [3.05, 3.63) is 70.8 Å². The molecule has 0 saturated carbocycles. The summed E-state index contributed by atoms with van der Waals surface area (Å²) in [4.78, 5) is 36.8. The van der Waals surface area contributed by atoms with E-state index in [1.165, 1.54) is 0 Å². The number of nitrogens with zero attached hydrogens (tertiary/aromatic N) is 4. The van der Waals surface area contributed by atoms with Gasteiger partial charge in [-0.3, -0.25) is 9.59 Å². The van der Waals surface area contributed by atoms with Gasteiger partial charge < -0.3 is 29.8 Å². The van der Waals surface area contributed by atoms with Crippen LogP contribution in [-0.2, 0) is 9.59 Å². The maximum atomic E-state index is 14.7. The Kier molecular flexibility index (Phi) is 8.37. The predicted molar refractivity (Wildman–Crippen MR) is 174 cm³/mol. The van der Waals surface area contributed by atoms with Gasteiger partial charge in [-0.1, -0.05) is 24.3 Å². The Hall–Kier alpha value is -3.62. The highest BCUT2D eigenvalue weighted by Crippen LogP contribution is 2.51. The van der Waals surface area contributed by atoms with E-state index < -0.39 is 16.7 Å². The van der Waals surface area contributed by atoms with Gasteiger partial charge in [-0.25, -0.2) is 0 Å². The van der Waals surface area contributed by atoms with Crippen LogP contribution in [0.4, 0.5) is 11.4 Å². The van der Waals surface area contributed by atoms with Gasteiger partial charge in [0.25, 0.3) is 11.8 Å². The van der Waals surface area contributed by atoms with Gasteiger partial charge in [0.2, 0.25) is 0 Å². The second kappa shape index (κ2) is 11.1. The first-order chi connectivity index (χ1) is 19.7. The average Bonchev–Trinajstić information content (AvgIpc) is 3.34. The summed E-state index contributed by atoms with van der Waals surface area (Å²) in [6.45, 7) is 12.7. The van der Waals surface area contributed by atoms with Crippen molar-refractivity contribution in [2.24, 2.45) is 0 Å². The van der Waals surface area contributed by atoms with Gasteiger partial charge in [-0.2, -0.15) is 0 Å². The quantitative estimate of drug-likeness (QED) is 0.401. The highest BCUT2D eigenvalue weighted by Gasteiger charge is 2.54. The van der Waals surface area contributed by atoms with Crippen LogP contribution in [0.5, 0.6) is 0 Å². The Labute approximate surface area is 256 Å². The van der Waals surface area contributed by atoms with Crippen LogP contribution < -0.4 is 9.80 Å². The number of anilines is 2. The monoisotopic (exact) mass is 588 g/mol. The van der Waals surface area contributed by atoms with Crippen LogP contribution in [0.3, 0.4) is 0 Å². The van der Waals surface area contributed by atoms with Crippen molar-refractivity contribution < 1.29 is 19.8 Å². The average molecular weight is 589 g/mol. The second-order valence-electron chi connectivity index (χ2n) is 14.3. The molecule has 0 saturated heterocycles. The van der Waals surface area contributed by atoms with Crippen LogP contribution in [0.15, 0.2) is 59.7 Å². The molecule has 2 N–H and O–H groups in total. The van der Waals surface area contributed by atoms with Crippen LogP contribution in [0.25, 0.3) is 11.4 Å². The van der Waals surface area contributed by atoms with E-state index in [4.69, 9.17) is 0 Å². The smallest absolute Gasteiger partial charge is 0.261 e. The fourth-order valence-corrected chi connectivity index (χ4v) is 6.66. The minimum atomic E-state index is -1.05. The number of carbonyl (C=O) groups excluding carboxylic acids is 2. The zero-order valence-electron chi connectivity index (χ0n) is 27.6. The minimum Gasteiger partial charge on any atom is -0.390 e.